The third kappa shape index (κ3) is 2.15. The fraction of sp³-hybridized carbons (Fsp3) is 0.364. The zero-order chi connectivity index (χ0) is 11.4. The fourth-order valence-electron chi connectivity index (χ4n) is 1.87. The SMILES string of the molecule is [N-]=[N+]=NC1CCCc2ccccc2NC1=O. The number of para-hydroxylation sites is 1. The van der Waals surface area contributed by atoms with Crippen molar-refractivity contribution < 1.29 is 4.79 Å². The van der Waals surface area contributed by atoms with Gasteiger partial charge in [-0.2, -0.15) is 0 Å². The van der Waals surface area contributed by atoms with E-state index in [1.165, 1.54) is 0 Å². The Labute approximate surface area is 93.1 Å². The molecule has 82 valence electrons. The maximum atomic E-state index is 11.7. The number of azide groups is 1. The number of carbonyl (C=O) groups excluding carboxylic acids is 1. The van der Waals surface area contributed by atoms with Crippen LogP contribution in [0.25, 0.3) is 10.4 Å². The van der Waals surface area contributed by atoms with E-state index in [1.54, 1.807) is 0 Å². The van der Waals surface area contributed by atoms with Crippen LogP contribution in [-0.2, 0) is 11.2 Å². The van der Waals surface area contributed by atoms with E-state index in [9.17, 15) is 4.79 Å². The van der Waals surface area contributed by atoms with Crippen LogP contribution in [0.2, 0.25) is 0 Å². The highest BCUT2D eigenvalue weighted by molar-refractivity contribution is 5.95. The minimum absolute atomic E-state index is 0.218. The quantitative estimate of drug-likeness (QED) is 0.437. The molecule has 1 heterocycles. The molecule has 0 bridgehead atoms. The van der Waals surface area contributed by atoms with Crippen LogP contribution in [0, 0.1) is 0 Å². The average molecular weight is 216 g/mol. The van der Waals surface area contributed by atoms with Gasteiger partial charge in [0.2, 0.25) is 5.91 Å². The number of amides is 1. The molecular weight excluding hydrogens is 204 g/mol. The first-order valence-electron chi connectivity index (χ1n) is 5.24. The Balaban J connectivity index is 2.27. The molecular formula is C11H12N4O. The van der Waals surface area contributed by atoms with Gasteiger partial charge in [0.15, 0.2) is 0 Å². The average Bonchev–Trinajstić information content (AvgIpc) is 2.28. The molecule has 1 atom stereocenters. The normalized spacial score (nSPS) is 19.8. The van der Waals surface area contributed by atoms with Crippen molar-refractivity contribution in [2.45, 2.75) is 25.3 Å². The highest BCUT2D eigenvalue weighted by atomic mass is 16.2. The summed E-state index contributed by atoms with van der Waals surface area (Å²) in [7, 11) is 0. The monoisotopic (exact) mass is 216 g/mol. The van der Waals surface area contributed by atoms with Crippen LogP contribution >= 0.6 is 0 Å². The first-order valence-corrected chi connectivity index (χ1v) is 5.24. The highest BCUT2D eigenvalue weighted by Crippen LogP contribution is 2.22. The molecule has 1 unspecified atom stereocenters. The summed E-state index contributed by atoms with van der Waals surface area (Å²) in [6.07, 6.45) is 2.35. The van der Waals surface area contributed by atoms with Crippen LogP contribution in [-0.4, -0.2) is 11.9 Å². The Kier molecular flexibility index (Phi) is 3.08. The summed E-state index contributed by atoms with van der Waals surface area (Å²) >= 11 is 0. The number of fused-ring (bicyclic) bond motifs is 1. The second kappa shape index (κ2) is 4.68. The summed E-state index contributed by atoms with van der Waals surface area (Å²) in [5.74, 6) is -0.218. The Morgan fingerprint density at radius 2 is 2.25 bits per heavy atom. The molecule has 1 N–H and O–H groups in total. The lowest BCUT2D eigenvalue weighted by Gasteiger charge is -2.18. The van der Waals surface area contributed by atoms with E-state index in [2.05, 4.69) is 15.3 Å². The maximum Gasteiger partial charge on any atom is 0.233 e. The van der Waals surface area contributed by atoms with E-state index in [0.29, 0.717) is 6.42 Å². The Bertz CT molecular complexity index is 451. The van der Waals surface area contributed by atoms with Crippen LogP contribution in [0.5, 0.6) is 0 Å². The Hall–Kier alpha value is -2.00. The minimum Gasteiger partial charge on any atom is -0.325 e. The summed E-state index contributed by atoms with van der Waals surface area (Å²) in [5.41, 5.74) is 10.3. The smallest absolute Gasteiger partial charge is 0.233 e. The van der Waals surface area contributed by atoms with Crippen LogP contribution in [0.1, 0.15) is 18.4 Å². The van der Waals surface area contributed by atoms with E-state index in [0.717, 1.165) is 24.1 Å². The van der Waals surface area contributed by atoms with Crippen molar-refractivity contribution >= 4 is 11.6 Å². The summed E-state index contributed by atoms with van der Waals surface area (Å²) < 4.78 is 0. The number of carbonyl (C=O) groups is 1. The zero-order valence-electron chi connectivity index (χ0n) is 8.76. The molecule has 0 saturated carbocycles. The van der Waals surface area contributed by atoms with E-state index in [4.69, 9.17) is 5.53 Å². The summed E-state index contributed by atoms with van der Waals surface area (Å²) in [5, 5.41) is 6.30. The molecule has 1 aromatic carbocycles. The second-order valence-electron chi connectivity index (χ2n) is 3.76. The third-order valence-electron chi connectivity index (χ3n) is 2.69. The predicted octanol–water partition coefficient (Wildman–Crippen LogP) is 2.64. The molecule has 1 amide bonds. The zero-order valence-corrected chi connectivity index (χ0v) is 8.76. The molecule has 1 aromatic rings. The van der Waals surface area contributed by atoms with Gasteiger partial charge >= 0.3 is 0 Å². The first-order chi connectivity index (χ1) is 7.81. The van der Waals surface area contributed by atoms with E-state index < -0.39 is 6.04 Å². The molecule has 0 aromatic heterocycles. The van der Waals surface area contributed by atoms with E-state index in [1.807, 2.05) is 24.3 Å². The van der Waals surface area contributed by atoms with Gasteiger partial charge in [-0.1, -0.05) is 23.3 Å². The van der Waals surface area contributed by atoms with Crippen molar-refractivity contribution in [1.29, 1.82) is 0 Å². The molecule has 5 nitrogen and oxygen atoms in total. The first kappa shape index (κ1) is 10.5. The van der Waals surface area contributed by atoms with Gasteiger partial charge in [-0.05, 0) is 36.4 Å². The number of nitrogens with zero attached hydrogens (tertiary/aromatic N) is 3. The Morgan fingerprint density at radius 1 is 1.44 bits per heavy atom. The lowest BCUT2D eigenvalue weighted by Crippen LogP contribution is -2.28. The van der Waals surface area contributed by atoms with Crippen molar-refractivity contribution in [3.05, 3.63) is 40.3 Å². The molecule has 0 spiro atoms. The number of hydrogen-bond acceptors (Lipinski definition) is 2. The molecule has 0 aliphatic carbocycles. The van der Waals surface area contributed by atoms with E-state index in [-0.39, 0.29) is 5.91 Å². The molecule has 0 fully saturated rings. The minimum atomic E-state index is -0.585. The number of anilines is 1. The maximum absolute atomic E-state index is 11.7. The topological polar surface area (TPSA) is 77.9 Å². The fourth-order valence-corrected chi connectivity index (χ4v) is 1.87. The van der Waals surface area contributed by atoms with Crippen LogP contribution < -0.4 is 5.32 Å². The largest absolute Gasteiger partial charge is 0.325 e. The standard InChI is InChI=1S/C11H12N4O/c12-15-14-10-7-3-5-8-4-1-2-6-9(8)13-11(10)16/h1-2,4,6,10H,3,5,7H2,(H,13,16). The van der Waals surface area contributed by atoms with Gasteiger partial charge in [0, 0.05) is 10.6 Å². The highest BCUT2D eigenvalue weighted by Gasteiger charge is 2.20. The molecule has 0 radical (unpaired) electrons. The van der Waals surface area contributed by atoms with Crippen molar-refractivity contribution in [3.8, 4) is 0 Å². The van der Waals surface area contributed by atoms with Crippen molar-refractivity contribution in [3.63, 3.8) is 0 Å². The van der Waals surface area contributed by atoms with Gasteiger partial charge in [0.05, 0.1) is 0 Å². The number of hydrogen-bond donors (Lipinski definition) is 1. The van der Waals surface area contributed by atoms with Gasteiger partial charge in [0.1, 0.15) is 6.04 Å². The van der Waals surface area contributed by atoms with Gasteiger partial charge in [-0.25, -0.2) is 0 Å². The number of benzene rings is 1. The Morgan fingerprint density at radius 3 is 3.06 bits per heavy atom. The van der Waals surface area contributed by atoms with Crippen molar-refractivity contribution in [2.24, 2.45) is 5.11 Å². The molecule has 1 aliphatic rings. The third-order valence-corrected chi connectivity index (χ3v) is 2.69. The lowest BCUT2D eigenvalue weighted by molar-refractivity contribution is -0.117. The number of nitrogens with one attached hydrogen (secondary N) is 1. The van der Waals surface area contributed by atoms with Crippen LogP contribution in [0.3, 0.4) is 0 Å². The molecule has 0 saturated heterocycles. The second-order valence-corrected chi connectivity index (χ2v) is 3.76. The summed E-state index contributed by atoms with van der Waals surface area (Å²) in [6, 6.07) is 7.12. The number of rotatable bonds is 1. The van der Waals surface area contributed by atoms with E-state index >= 15 is 0 Å². The molecule has 16 heavy (non-hydrogen) atoms. The van der Waals surface area contributed by atoms with Crippen molar-refractivity contribution in [2.75, 3.05) is 5.32 Å². The predicted molar refractivity (Wildman–Crippen MR) is 60.9 cm³/mol. The van der Waals surface area contributed by atoms with Crippen LogP contribution in [0.15, 0.2) is 29.4 Å². The van der Waals surface area contributed by atoms with Gasteiger partial charge in [0.25, 0.3) is 0 Å². The molecule has 1 aliphatic heterocycles. The molecule has 5 heteroatoms. The van der Waals surface area contributed by atoms with Crippen molar-refractivity contribution in [1.82, 2.24) is 0 Å². The lowest BCUT2D eigenvalue weighted by atomic mass is 10.0. The summed E-state index contributed by atoms with van der Waals surface area (Å²) in [6.45, 7) is 0. The van der Waals surface area contributed by atoms with Gasteiger partial charge in [-0.15, -0.1) is 0 Å². The number of aryl methyl sites for hydroxylation is 1. The summed E-state index contributed by atoms with van der Waals surface area (Å²) in [4.78, 5) is 14.4. The molecule has 2 rings (SSSR count). The van der Waals surface area contributed by atoms with Gasteiger partial charge < -0.3 is 5.32 Å². The van der Waals surface area contributed by atoms with Crippen LogP contribution in [0.4, 0.5) is 5.69 Å². The van der Waals surface area contributed by atoms with Gasteiger partial charge in [-0.3, -0.25) is 4.79 Å².